The molecule has 0 radical (unpaired) electrons. The lowest BCUT2D eigenvalue weighted by atomic mass is 10.3. The van der Waals surface area contributed by atoms with Crippen LogP contribution in [0.4, 0.5) is 0 Å². The van der Waals surface area contributed by atoms with Crippen molar-refractivity contribution in [3.05, 3.63) is 0 Å². The van der Waals surface area contributed by atoms with Crippen molar-refractivity contribution in [3.63, 3.8) is 0 Å². The Morgan fingerprint density at radius 1 is 1.39 bits per heavy atom. The first-order chi connectivity index (χ1) is 10.6. The highest BCUT2D eigenvalue weighted by Gasteiger charge is 2.15. The SMILES string of the molecule is CCNC(=NCCCOC1CCOC1)NCCN(C)C(C)C.I. The van der Waals surface area contributed by atoms with Crippen LogP contribution >= 0.6 is 24.0 Å². The Labute approximate surface area is 158 Å². The van der Waals surface area contributed by atoms with Crippen LogP contribution in [0.1, 0.15) is 33.6 Å². The molecule has 0 saturated carbocycles. The molecule has 6 nitrogen and oxygen atoms in total. The summed E-state index contributed by atoms with van der Waals surface area (Å²) in [5, 5.41) is 6.65. The van der Waals surface area contributed by atoms with Crippen molar-refractivity contribution in [2.24, 2.45) is 4.99 Å². The third kappa shape index (κ3) is 11.1. The molecule has 0 amide bonds. The summed E-state index contributed by atoms with van der Waals surface area (Å²) in [6.07, 6.45) is 2.26. The maximum absolute atomic E-state index is 5.74. The number of nitrogens with one attached hydrogen (secondary N) is 2. The van der Waals surface area contributed by atoms with Crippen LogP contribution in [-0.4, -0.2) is 76.1 Å². The Kier molecular flexibility index (Phi) is 14.2. The van der Waals surface area contributed by atoms with Crippen LogP contribution in [0.2, 0.25) is 0 Å². The smallest absolute Gasteiger partial charge is 0.191 e. The minimum Gasteiger partial charge on any atom is -0.379 e. The monoisotopic (exact) mass is 442 g/mol. The summed E-state index contributed by atoms with van der Waals surface area (Å²) < 4.78 is 11.0. The summed E-state index contributed by atoms with van der Waals surface area (Å²) in [5.41, 5.74) is 0. The van der Waals surface area contributed by atoms with E-state index in [1.54, 1.807) is 0 Å². The summed E-state index contributed by atoms with van der Waals surface area (Å²) in [4.78, 5) is 6.90. The second-order valence-electron chi connectivity index (χ2n) is 5.97. The second-order valence-corrected chi connectivity index (χ2v) is 5.97. The van der Waals surface area contributed by atoms with E-state index in [0.29, 0.717) is 12.1 Å². The number of hydrogen-bond donors (Lipinski definition) is 2. The van der Waals surface area contributed by atoms with E-state index in [0.717, 1.165) is 64.8 Å². The molecule has 0 spiro atoms. The van der Waals surface area contributed by atoms with Gasteiger partial charge in [-0.2, -0.15) is 0 Å². The van der Waals surface area contributed by atoms with Crippen LogP contribution in [0.15, 0.2) is 4.99 Å². The third-order valence-corrected chi connectivity index (χ3v) is 3.80. The lowest BCUT2D eigenvalue weighted by Crippen LogP contribution is -2.42. The van der Waals surface area contributed by atoms with E-state index >= 15 is 0 Å². The molecule has 23 heavy (non-hydrogen) atoms. The molecule has 138 valence electrons. The van der Waals surface area contributed by atoms with Crippen molar-refractivity contribution in [2.45, 2.75) is 45.8 Å². The first kappa shape index (κ1) is 22.9. The normalized spacial score (nSPS) is 18.3. The van der Waals surface area contributed by atoms with Crippen molar-refractivity contribution in [3.8, 4) is 0 Å². The van der Waals surface area contributed by atoms with Crippen molar-refractivity contribution < 1.29 is 9.47 Å². The quantitative estimate of drug-likeness (QED) is 0.234. The van der Waals surface area contributed by atoms with Gasteiger partial charge in [-0.15, -0.1) is 24.0 Å². The second kappa shape index (κ2) is 14.2. The molecule has 0 aromatic heterocycles. The molecular formula is C16H35IN4O2. The summed E-state index contributed by atoms with van der Waals surface area (Å²) in [7, 11) is 2.14. The molecule has 1 unspecified atom stereocenters. The minimum atomic E-state index is 0. The fourth-order valence-corrected chi connectivity index (χ4v) is 2.10. The van der Waals surface area contributed by atoms with E-state index in [2.05, 4.69) is 48.3 Å². The standard InChI is InChI=1S/C16H34N4O2.HI/c1-5-17-16(19-9-10-20(4)14(2)3)18-8-6-11-22-15-7-12-21-13-15;/h14-15H,5-13H2,1-4H3,(H2,17,18,19);1H. The highest BCUT2D eigenvalue weighted by molar-refractivity contribution is 14.0. The van der Waals surface area contributed by atoms with Gasteiger partial charge < -0.3 is 25.0 Å². The number of halogens is 1. The fourth-order valence-electron chi connectivity index (χ4n) is 2.10. The van der Waals surface area contributed by atoms with E-state index < -0.39 is 0 Å². The number of hydrogen-bond acceptors (Lipinski definition) is 4. The van der Waals surface area contributed by atoms with Crippen LogP contribution in [0, 0.1) is 0 Å². The Hall–Kier alpha value is -0.120. The van der Waals surface area contributed by atoms with Gasteiger partial charge in [-0.3, -0.25) is 4.99 Å². The van der Waals surface area contributed by atoms with Crippen LogP contribution in [0.25, 0.3) is 0 Å². The topological polar surface area (TPSA) is 58.1 Å². The van der Waals surface area contributed by atoms with Crippen molar-refractivity contribution in [1.82, 2.24) is 15.5 Å². The van der Waals surface area contributed by atoms with E-state index in [1.807, 2.05) is 0 Å². The summed E-state index contributed by atoms with van der Waals surface area (Å²) in [6, 6.07) is 0.568. The molecule has 1 rings (SSSR count). The van der Waals surface area contributed by atoms with Gasteiger partial charge in [0.1, 0.15) is 0 Å². The Balaban J connectivity index is 0.00000484. The van der Waals surface area contributed by atoms with Gasteiger partial charge in [0.15, 0.2) is 5.96 Å². The van der Waals surface area contributed by atoms with E-state index in [-0.39, 0.29) is 24.0 Å². The zero-order chi connectivity index (χ0) is 16.2. The molecule has 0 aromatic rings. The lowest BCUT2D eigenvalue weighted by Gasteiger charge is -2.21. The molecule has 2 N–H and O–H groups in total. The lowest BCUT2D eigenvalue weighted by molar-refractivity contribution is 0.0424. The van der Waals surface area contributed by atoms with Crippen LogP contribution in [-0.2, 0) is 9.47 Å². The third-order valence-electron chi connectivity index (χ3n) is 3.80. The molecule has 0 bridgehead atoms. The van der Waals surface area contributed by atoms with Crippen molar-refractivity contribution >= 4 is 29.9 Å². The fraction of sp³-hybridized carbons (Fsp3) is 0.938. The highest BCUT2D eigenvalue weighted by atomic mass is 127. The number of rotatable bonds is 10. The zero-order valence-electron chi connectivity index (χ0n) is 15.1. The number of ether oxygens (including phenoxy) is 2. The summed E-state index contributed by atoms with van der Waals surface area (Å²) in [5.74, 6) is 0.892. The molecule has 1 fully saturated rings. The van der Waals surface area contributed by atoms with Gasteiger partial charge in [-0.25, -0.2) is 0 Å². The van der Waals surface area contributed by atoms with Gasteiger partial charge in [-0.1, -0.05) is 0 Å². The molecule has 1 aliphatic heterocycles. The average Bonchev–Trinajstić information content (AvgIpc) is 2.99. The van der Waals surface area contributed by atoms with E-state index in [1.165, 1.54) is 0 Å². The van der Waals surface area contributed by atoms with Crippen LogP contribution in [0.3, 0.4) is 0 Å². The van der Waals surface area contributed by atoms with Gasteiger partial charge in [0.05, 0.1) is 12.7 Å². The van der Waals surface area contributed by atoms with Crippen LogP contribution in [0.5, 0.6) is 0 Å². The number of guanidine groups is 1. The predicted octanol–water partition coefficient (Wildman–Crippen LogP) is 1.70. The molecule has 1 heterocycles. The molecule has 7 heteroatoms. The van der Waals surface area contributed by atoms with Crippen molar-refractivity contribution in [2.75, 3.05) is 53.0 Å². The summed E-state index contributed by atoms with van der Waals surface area (Å²) in [6.45, 7) is 12.4. The van der Waals surface area contributed by atoms with Gasteiger partial charge in [0.2, 0.25) is 0 Å². The number of aliphatic imine (C=N–C) groups is 1. The maximum atomic E-state index is 5.74. The van der Waals surface area contributed by atoms with Crippen molar-refractivity contribution in [1.29, 1.82) is 0 Å². The van der Waals surface area contributed by atoms with Gasteiger partial charge >= 0.3 is 0 Å². The van der Waals surface area contributed by atoms with Gasteiger partial charge in [-0.05, 0) is 40.7 Å². The van der Waals surface area contributed by atoms with Crippen LogP contribution < -0.4 is 10.6 Å². The summed E-state index contributed by atoms with van der Waals surface area (Å²) >= 11 is 0. The molecule has 1 atom stereocenters. The Morgan fingerprint density at radius 2 is 2.17 bits per heavy atom. The first-order valence-electron chi connectivity index (χ1n) is 8.55. The van der Waals surface area contributed by atoms with E-state index in [9.17, 15) is 0 Å². The molecule has 1 saturated heterocycles. The maximum Gasteiger partial charge on any atom is 0.191 e. The van der Waals surface area contributed by atoms with E-state index in [4.69, 9.17) is 9.47 Å². The predicted molar refractivity (Wildman–Crippen MR) is 107 cm³/mol. The Bertz CT molecular complexity index is 310. The largest absolute Gasteiger partial charge is 0.379 e. The number of nitrogens with zero attached hydrogens (tertiary/aromatic N) is 2. The number of likely N-dealkylation sites (N-methyl/N-ethyl adjacent to an activating group) is 1. The zero-order valence-corrected chi connectivity index (χ0v) is 17.5. The van der Waals surface area contributed by atoms with Gasteiger partial charge in [0, 0.05) is 45.4 Å². The Morgan fingerprint density at radius 3 is 2.78 bits per heavy atom. The molecule has 1 aliphatic rings. The molecule has 0 aromatic carbocycles. The van der Waals surface area contributed by atoms with Gasteiger partial charge in [0.25, 0.3) is 0 Å². The minimum absolute atomic E-state index is 0. The highest BCUT2D eigenvalue weighted by Crippen LogP contribution is 2.08. The molecule has 0 aliphatic carbocycles. The first-order valence-corrected chi connectivity index (χ1v) is 8.55. The average molecular weight is 442 g/mol. The molecular weight excluding hydrogens is 407 g/mol.